The number of rotatable bonds is 6. The van der Waals surface area contributed by atoms with Gasteiger partial charge in [-0.3, -0.25) is 9.69 Å². The van der Waals surface area contributed by atoms with Crippen molar-refractivity contribution in [2.24, 2.45) is 5.92 Å². The van der Waals surface area contributed by atoms with Crippen LogP contribution >= 0.6 is 11.6 Å². The molecule has 1 aliphatic carbocycles. The summed E-state index contributed by atoms with van der Waals surface area (Å²) in [5.74, 6) is 2.69. The molecular weight excluding hydrogens is 366 g/mol. The molecule has 1 N–H and O–H groups in total. The highest BCUT2D eigenvalue weighted by Gasteiger charge is 2.26. The number of methoxy groups -OCH3 is 2. The first-order valence-electron chi connectivity index (χ1n) is 9.31. The maximum atomic E-state index is 12.4. The number of aromatic nitrogens is 2. The highest BCUT2D eigenvalue weighted by molar-refractivity contribution is 6.33. The van der Waals surface area contributed by atoms with Crippen molar-refractivity contribution < 1.29 is 9.47 Å². The van der Waals surface area contributed by atoms with Gasteiger partial charge in [-0.15, -0.1) is 0 Å². The van der Waals surface area contributed by atoms with Gasteiger partial charge >= 0.3 is 0 Å². The number of fused-ring (bicyclic) bond motifs is 1. The van der Waals surface area contributed by atoms with E-state index in [0.717, 1.165) is 35.6 Å². The maximum Gasteiger partial charge on any atom is 0.254 e. The lowest BCUT2D eigenvalue weighted by Crippen LogP contribution is -2.35. The van der Waals surface area contributed by atoms with Gasteiger partial charge in [-0.05, 0) is 36.8 Å². The molecule has 0 bridgehead atoms. The summed E-state index contributed by atoms with van der Waals surface area (Å²) in [6, 6.07) is 3.83. The zero-order valence-electron chi connectivity index (χ0n) is 15.7. The molecule has 4 rings (SSSR count). The Hall–Kier alpha value is -2.05. The van der Waals surface area contributed by atoms with E-state index in [1.165, 1.54) is 12.8 Å². The molecule has 0 atom stereocenters. The van der Waals surface area contributed by atoms with Crippen LogP contribution in [0.3, 0.4) is 0 Å². The Kier molecular flexibility index (Phi) is 5.10. The number of hydrogen-bond acceptors (Lipinski definition) is 5. The van der Waals surface area contributed by atoms with Crippen LogP contribution in [0.4, 0.5) is 0 Å². The Morgan fingerprint density at radius 1 is 1.30 bits per heavy atom. The normalized spacial score (nSPS) is 16.9. The Bertz CT molecular complexity index is 908. The van der Waals surface area contributed by atoms with E-state index in [9.17, 15) is 4.79 Å². The van der Waals surface area contributed by atoms with Crippen LogP contribution in [0.2, 0.25) is 5.02 Å². The molecule has 1 aromatic carbocycles. The van der Waals surface area contributed by atoms with E-state index >= 15 is 0 Å². The van der Waals surface area contributed by atoms with E-state index in [4.69, 9.17) is 26.1 Å². The van der Waals surface area contributed by atoms with Crippen molar-refractivity contribution in [2.45, 2.75) is 38.8 Å². The molecule has 0 saturated heterocycles. The Labute approximate surface area is 163 Å². The van der Waals surface area contributed by atoms with Gasteiger partial charge in [0, 0.05) is 31.6 Å². The van der Waals surface area contributed by atoms with Crippen molar-refractivity contribution in [3.63, 3.8) is 0 Å². The van der Waals surface area contributed by atoms with Crippen molar-refractivity contribution in [3.8, 4) is 11.5 Å². The molecule has 1 aromatic heterocycles. The number of H-pyrrole nitrogens is 1. The van der Waals surface area contributed by atoms with Gasteiger partial charge in [0.2, 0.25) is 0 Å². The van der Waals surface area contributed by atoms with Gasteiger partial charge in [-0.2, -0.15) is 0 Å². The van der Waals surface area contributed by atoms with Crippen LogP contribution in [0.15, 0.2) is 16.9 Å². The number of hydrogen-bond donors (Lipinski definition) is 1. The Morgan fingerprint density at radius 3 is 2.81 bits per heavy atom. The van der Waals surface area contributed by atoms with Gasteiger partial charge in [-0.1, -0.05) is 17.7 Å². The van der Waals surface area contributed by atoms with Gasteiger partial charge in [0.15, 0.2) is 11.5 Å². The SMILES string of the molecule is COc1ccc(CN2CCc3c(nc(CC4CC4)[nH]c3=O)C2)c(Cl)c1OC. The summed E-state index contributed by atoms with van der Waals surface area (Å²) in [7, 11) is 3.18. The summed E-state index contributed by atoms with van der Waals surface area (Å²) in [6.07, 6.45) is 4.06. The summed E-state index contributed by atoms with van der Waals surface area (Å²) in [6.45, 7) is 2.12. The predicted molar refractivity (Wildman–Crippen MR) is 104 cm³/mol. The monoisotopic (exact) mass is 389 g/mol. The summed E-state index contributed by atoms with van der Waals surface area (Å²) in [5.41, 5.74) is 2.72. The summed E-state index contributed by atoms with van der Waals surface area (Å²) >= 11 is 6.52. The number of ether oxygens (including phenoxy) is 2. The maximum absolute atomic E-state index is 12.4. The van der Waals surface area contributed by atoms with Crippen LogP contribution in [-0.4, -0.2) is 35.6 Å². The van der Waals surface area contributed by atoms with Crippen LogP contribution in [0.25, 0.3) is 0 Å². The second-order valence-electron chi connectivity index (χ2n) is 7.32. The van der Waals surface area contributed by atoms with Crippen molar-refractivity contribution >= 4 is 11.6 Å². The third kappa shape index (κ3) is 3.82. The minimum atomic E-state index is 0.0273. The van der Waals surface area contributed by atoms with E-state index < -0.39 is 0 Å². The molecular formula is C20H24ClN3O3. The smallest absolute Gasteiger partial charge is 0.254 e. The molecule has 7 heteroatoms. The molecule has 6 nitrogen and oxygen atoms in total. The quantitative estimate of drug-likeness (QED) is 0.822. The van der Waals surface area contributed by atoms with Gasteiger partial charge in [-0.25, -0.2) is 4.98 Å². The first kappa shape index (κ1) is 18.3. The zero-order valence-corrected chi connectivity index (χ0v) is 16.4. The zero-order chi connectivity index (χ0) is 19.0. The fourth-order valence-corrected chi connectivity index (χ4v) is 3.96. The molecule has 0 spiro atoms. The van der Waals surface area contributed by atoms with Crippen LogP contribution in [-0.2, 0) is 25.9 Å². The number of aromatic amines is 1. The van der Waals surface area contributed by atoms with E-state index in [-0.39, 0.29) is 5.56 Å². The van der Waals surface area contributed by atoms with Crippen molar-refractivity contribution in [3.05, 3.63) is 50.2 Å². The standard InChI is InChI=1S/C20H24ClN3O3/c1-26-16-6-5-13(18(21)19(16)27-2)10-24-8-7-14-15(11-24)22-17(23-20(14)25)9-12-3-4-12/h5-6,12H,3-4,7-11H2,1-2H3,(H,22,23,25). The molecule has 0 radical (unpaired) electrons. The number of halogens is 1. The third-order valence-electron chi connectivity index (χ3n) is 5.34. The molecule has 2 aromatic rings. The molecule has 1 aliphatic heterocycles. The lowest BCUT2D eigenvalue weighted by Gasteiger charge is -2.28. The molecule has 2 heterocycles. The highest BCUT2D eigenvalue weighted by atomic mass is 35.5. The summed E-state index contributed by atoms with van der Waals surface area (Å²) < 4.78 is 10.7. The van der Waals surface area contributed by atoms with Gasteiger partial charge < -0.3 is 14.5 Å². The Morgan fingerprint density at radius 2 is 2.11 bits per heavy atom. The number of nitrogens with one attached hydrogen (secondary N) is 1. The first-order chi connectivity index (χ1) is 13.1. The highest BCUT2D eigenvalue weighted by Crippen LogP contribution is 2.38. The molecule has 0 unspecified atom stereocenters. The lowest BCUT2D eigenvalue weighted by atomic mass is 10.0. The van der Waals surface area contributed by atoms with Crippen LogP contribution in [0.5, 0.6) is 11.5 Å². The van der Waals surface area contributed by atoms with E-state index in [0.29, 0.717) is 41.9 Å². The molecule has 27 heavy (non-hydrogen) atoms. The minimum Gasteiger partial charge on any atom is -0.493 e. The van der Waals surface area contributed by atoms with E-state index in [1.807, 2.05) is 12.1 Å². The second-order valence-corrected chi connectivity index (χ2v) is 7.70. The first-order valence-corrected chi connectivity index (χ1v) is 9.69. The van der Waals surface area contributed by atoms with Gasteiger partial charge in [0.1, 0.15) is 5.82 Å². The average Bonchev–Trinajstić information content (AvgIpc) is 3.47. The van der Waals surface area contributed by atoms with Crippen molar-refractivity contribution in [1.29, 1.82) is 0 Å². The van der Waals surface area contributed by atoms with Gasteiger partial charge in [0.25, 0.3) is 5.56 Å². The molecule has 1 fully saturated rings. The fraction of sp³-hybridized carbons (Fsp3) is 0.500. The Balaban J connectivity index is 1.54. The third-order valence-corrected chi connectivity index (χ3v) is 5.75. The molecule has 144 valence electrons. The largest absolute Gasteiger partial charge is 0.493 e. The topological polar surface area (TPSA) is 67.5 Å². The van der Waals surface area contributed by atoms with E-state index in [1.54, 1.807) is 14.2 Å². The van der Waals surface area contributed by atoms with Crippen LogP contribution < -0.4 is 15.0 Å². The predicted octanol–water partition coefficient (Wildman–Crippen LogP) is 2.95. The summed E-state index contributed by atoms with van der Waals surface area (Å²) in [5, 5.41) is 0.566. The van der Waals surface area contributed by atoms with Crippen molar-refractivity contribution in [2.75, 3.05) is 20.8 Å². The van der Waals surface area contributed by atoms with Gasteiger partial charge in [0.05, 0.1) is 24.9 Å². The number of nitrogens with zero attached hydrogens (tertiary/aromatic N) is 2. The number of benzene rings is 1. The molecule has 2 aliphatic rings. The van der Waals surface area contributed by atoms with Crippen LogP contribution in [0.1, 0.15) is 35.5 Å². The lowest BCUT2D eigenvalue weighted by molar-refractivity contribution is 0.239. The molecule has 0 amide bonds. The average molecular weight is 390 g/mol. The summed E-state index contributed by atoms with van der Waals surface area (Å²) in [4.78, 5) is 22.4. The van der Waals surface area contributed by atoms with Crippen molar-refractivity contribution in [1.82, 2.24) is 14.9 Å². The second kappa shape index (κ2) is 7.52. The fourth-order valence-electron chi connectivity index (χ4n) is 3.67. The van der Waals surface area contributed by atoms with E-state index in [2.05, 4.69) is 9.88 Å². The minimum absolute atomic E-state index is 0.0273. The molecule has 1 saturated carbocycles. The van der Waals surface area contributed by atoms with Crippen LogP contribution in [0, 0.1) is 5.92 Å².